The largest absolute Gasteiger partial charge is 0.378 e. The highest BCUT2D eigenvalue weighted by molar-refractivity contribution is 8.82. The highest BCUT2D eigenvalue weighted by Crippen LogP contribution is 2.39. The van der Waals surface area contributed by atoms with Gasteiger partial charge in [0.25, 0.3) is 5.24 Å². The minimum Gasteiger partial charge on any atom is -0.378 e. The lowest BCUT2D eigenvalue weighted by Crippen LogP contribution is -2.38. The van der Waals surface area contributed by atoms with E-state index in [0.717, 1.165) is 25.9 Å². The number of alkyl halides is 1. The number of carbonyl (C=O) groups excluding carboxylic acids is 1. The fourth-order valence-electron chi connectivity index (χ4n) is 2.06. The molecule has 1 amide bonds. The lowest BCUT2D eigenvalue weighted by atomic mass is 10.00. The van der Waals surface area contributed by atoms with Crippen LogP contribution in [0.2, 0.25) is 0 Å². The van der Waals surface area contributed by atoms with Gasteiger partial charge in [0.05, 0.1) is 13.2 Å². The number of hydrogen-bond donors (Lipinski definition) is 0. The van der Waals surface area contributed by atoms with E-state index in [4.69, 9.17) is 16.3 Å². The SMILES string of the molecule is O=C(SSC1CCCCC1Cl)N1CCOCC1. The Bertz CT molecular complexity index is 262. The molecule has 2 fully saturated rings. The van der Waals surface area contributed by atoms with E-state index in [2.05, 4.69) is 0 Å². The molecule has 1 heterocycles. The molecule has 6 heteroatoms. The van der Waals surface area contributed by atoms with Gasteiger partial charge in [0.2, 0.25) is 0 Å². The van der Waals surface area contributed by atoms with E-state index in [1.165, 1.54) is 23.6 Å². The minimum absolute atomic E-state index is 0.160. The van der Waals surface area contributed by atoms with Crippen LogP contribution in [0.15, 0.2) is 0 Å². The molecule has 1 saturated heterocycles. The van der Waals surface area contributed by atoms with Crippen LogP contribution in [-0.2, 0) is 4.74 Å². The molecule has 0 spiro atoms. The number of nitrogens with zero attached hydrogens (tertiary/aromatic N) is 1. The second-order valence-corrected chi connectivity index (χ2v) is 7.34. The van der Waals surface area contributed by atoms with Gasteiger partial charge < -0.3 is 9.64 Å². The van der Waals surface area contributed by atoms with Crippen molar-refractivity contribution in [3.05, 3.63) is 0 Å². The van der Waals surface area contributed by atoms with E-state index >= 15 is 0 Å². The predicted octanol–water partition coefficient (Wildman–Crippen LogP) is 3.37. The van der Waals surface area contributed by atoms with E-state index in [1.807, 2.05) is 4.90 Å². The molecule has 0 N–H and O–H groups in total. The molecule has 98 valence electrons. The Hall–Kier alpha value is 0.420. The van der Waals surface area contributed by atoms with Crippen molar-refractivity contribution < 1.29 is 9.53 Å². The van der Waals surface area contributed by atoms with Crippen LogP contribution in [0.1, 0.15) is 25.7 Å². The maximum atomic E-state index is 11.9. The zero-order valence-corrected chi connectivity index (χ0v) is 12.2. The Morgan fingerprint density at radius 3 is 2.65 bits per heavy atom. The van der Waals surface area contributed by atoms with E-state index in [1.54, 1.807) is 10.8 Å². The Kier molecular flexibility index (Phi) is 5.80. The van der Waals surface area contributed by atoms with Gasteiger partial charge in [-0.25, -0.2) is 0 Å². The summed E-state index contributed by atoms with van der Waals surface area (Å²) in [5.41, 5.74) is 0. The number of ether oxygens (including phenoxy) is 1. The summed E-state index contributed by atoms with van der Waals surface area (Å²) in [6, 6.07) is 0. The quantitative estimate of drug-likeness (QED) is 0.577. The average Bonchev–Trinajstić information content (AvgIpc) is 2.38. The predicted molar refractivity (Wildman–Crippen MR) is 74.9 cm³/mol. The van der Waals surface area contributed by atoms with Crippen LogP contribution in [0.4, 0.5) is 4.79 Å². The summed E-state index contributed by atoms with van der Waals surface area (Å²) in [5, 5.41) is 0.826. The third-order valence-electron chi connectivity index (χ3n) is 3.13. The van der Waals surface area contributed by atoms with Crippen LogP contribution >= 0.6 is 33.2 Å². The second-order valence-electron chi connectivity index (χ2n) is 4.38. The van der Waals surface area contributed by atoms with Gasteiger partial charge in [-0.3, -0.25) is 4.79 Å². The number of hydrogen-bond acceptors (Lipinski definition) is 4. The molecular weight excluding hydrogens is 278 g/mol. The summed E-state index contributed by atoms with van der Waals surface area (Å²) < 4.78 is 5.23. The molecule has 1 aliphatic heterocycles. The molecule has 2 unspecified atom stereocenters. The Morgan fingerprint density at radius 2 is 1.94 bits per heavy atom. The minimum atomic E-state index is 0.160. The third-order valence-corrected chi connectivity index (χ3v) is 6.57. The van der Waals surface area contributed by atoms with Gasteiger partial charge in [-0.1, -0.05) is 23.6 Å². The summed E-state index contributed by atoms with van der Waals surface area (Å²) >= 11 is 6.27. The molecule has 2 atom stereocenters. The van der Waals surface area contributed by atoms with Gasteiger partial charge in [-0.05, 0) is 12.8 Å². The number of morpholine rings is 1. The summed E-state index contributed by atoms with van der Waals surface area (Å²) in [4.78, 5) is 13.8. The molecular formula is C11H18ClNO2S2. The first-order chi connectivity index (χ1) is 8.27. The summed E-state index contributed by atoms with van der Waals surface area (Å²) in [6.07, 6.45) is 4.70. The first-order valence-corrected chi connectivity index (χ1v) is 8.76. The van der Waals surface area contributed by atoms with Gasteiger partial charge in [0, 0.05) is 34.5 Å². The van der Waals surface area contributed by atoms with Gasteiger partial charge in [0.15, 0.2) is 0 Å². The molecule has 0 aromatic carbocycles. The topological polar surface area (TPSA) is 29.5 Å². The molecule has 0 radical (unpaired) electrons. The van der Waals surface area contributed by atoms with E-state index in [-0.39, 0.29) is 10.6 Å². The molecule has 17 heavy (non-hydrogen) atoms. The first-order valence-electron chi connectivity index (χ1n) is 6.11. The zero-order chi connectivity index (χ0) is 12.1. The van der Waals surface area contributed by atoms with Crippen LogP contribution in [0.3, 0.4) is 0 Å². The Morgan fingerprint density at radius 1 is 1.24 bits per heavy atom. The van der Waals surface area contributed by atoms with E-state index in [9.17, 15) is 4.79 Å². The van der Waals surface area contributed by atoms with Crippen LogP contribution in [0.25, 0.3) is 0 Å². The molecule has 0 aromatic heterocycles. The van der Waals surface area contributed by atoms with E-state index in [0.29, 0.717) is 18.5 Å². The Balaban J connectivity index is 1.71. The van der Waals surface area contributed by atoms with Crippen molar-refractivity contribution in [2.45, 2.75) is 36.3 Å². The highest BCUT2D eigenvalue weighted by atomic mass is 35.5. The summed E-state index contributed by atoms with van der Waals surface area (Å²) in [7, 11) is 3.02. The molecule has 2 aliphatic rings. The summed E-state index contributed by atoms with van der Waals surface area (Å²) in [6.45, 7) is 2.78. The van der Waals surface area contributed by atoms with Crippen molar-refractivity contribution in [1.82, 2.24) is 4.90 Å². The van der Waals surface area contributed by atoms with Crippen molar-refractivity contribution in [1.29, 1.82) is 0 Å². The van der Waals surface area contributed by atoms with Crippen LogP contribution in [0, 0.1) is 0 Å². The molecule has 0 aromatic rings. The van der Waals surface area contributed by atoms with Crippen molar-refractivity contribution in [2.75, 3.05) is 26.3 Å². The third kappa shape index (κ3) is 4.23. The van der Waals surface area contributed by atoms with Gasteiger partial charge in [-0.2, -0.15) is 0 Å². The van der Waals surface area contributed by atoms with Crippen molar-refractivity contribution in [2.24, 2.45) is 0 Å². The average molecular weight is 296 g/mol. The summed E-state index contributed by atoms with van der Waals surface area (Å²) in [5.74, 6) is 0. The zero-order valence-electron chi connectivity index (χ0n) is 9.77. The molecule has 1 aliphatic carbocycles. The Labute approximate surface area is 115 Å². The second kappa shape index (κ2) is 7.12. The van der Waals surface area contributed by atoms with Gasteiger partial charge in [0.1, 0.15) is 0 Å². The molecule has 3 nitrogen and oxygen atoms in total. The number of halogens is 1. The van der Waals surface area contributed by atoms with Crippen LogP contribution in [-0.4, -0.2) is 47.1 Å². The monoisotopic (exact) mass is 295 g/mol. The fourth-order valence-corrected chi connectivity index (χ4v) is 5.32. The highest BCUT2D eigenvalue weighted by Gasteiger charge is 2.26. The normalized spacial score (nSPS) is 30.3. The van der Waals surface area contributed by atoms with Crippen LogP contribution < -0.4 is 0 Å². The van der Waals surface area contributed by atoms with E-state index < -0.39 is 0 Å². The smallest absolute Gasteiger partial charge is 0.292 e. The van der Waals surface area contributed by atoms with Gasteiger partial charge in [-0.15, -0.1) is 11.6 Å². The number of amides is 1. The number of rotatable bonds is 2. The van der Waals surface area contributed by atoms with Gasteiger partial charge >= 0.3 is 0 Å². The standard InChI is InChI=1S/C11H18ClNO2S2/c12-9-3-1-2-4-10(9)16-17-11(14)13-5-7-15-8-6-13/h9-10H,1-8H2. The first kappa shape index (κ1) is 13.8. The molecule has 0 bridgehead atoms. The maximum Gasteiger partial charge on any atom is 0.292 e. The lowest BCUT2D eigenvalue weighted by molar-refractivity contribution is 0.0593. The molecule has 1 saturated carbocycles. The van der Waals surface area contributed by atoms with Crippen molar-refractivity contribution in [3.8, 4) is 0 Å². The van der Waals surface area contributed by atoms with Crippen molar-refractivity contribution >= 4 is 38.4 Å². The molecule has 2 rings (SSSR count). The lowest BCUT2D eigenvalue weighted by Gasteiger charge is -2.28. The van der Waals surface area contributed by atoms with Crippen molar-refractivity contribution in [3.63, 3.8) is 0 Å². The fraction of sp³-hybridized carbons (Fsp3) is 0.909. The number of carbonyl (C=O) groups is 1. The van der Waals surface area contributed by atoms with Crippen LogP contribution in [0.5, 0.6) is 0 Å². The maximum absolute atomic E-state index is 11.9.